The number of likely N-dealkylation sites (N-methyl/N-ethyl adjacent to an activating group) is 1. The first kappa shape index (κ1) is 23.3. The fourth-order valence-corrected chi connectivity index (χ4v) is 4.91. The van der Waals surface area contributed by atoms with Crippen molar-refractivity contribution >= 4 is 22.6 Å². The van der Waals surface area contributed by atoms with Gasteiger partial charge in [0.05, 0.1) is 30.4 Å². The Labute approximate surface area is 205 Å². The highest BCUT2D eigenvalue weighted by Crippen LogP contribution is 2.36. The van der Waals surface area contributed by atoms with Crippen LogP contribution in [0, 0.1) is 5.92 Å². The van der Waals surface area contributed by atoms with Gasteiger partial charge in [-0.25, -0.2) is 9.50 Å². The highest BCUT2D eigenvalue weighted by Gasteiger charge is 2.28. The molecule has 0 aliphatic carbocycles. The van der Waals surface area contributed by atoms with E-state index in [0.29, 0.717) is 23.9 Å². The summed E-state index contributed by atoms with van der Waals surface area (Å²) in [5.74, 6) is 1.76. The number of likely N-dealkylation sites (tertiary alicyclic amines) is 1. The average Bonchev–Trinajstić information content (AvgIpc) is 3.43. The topological polar surface area (TPSA) is 91.7 Å². The Kier molecular flexibility index (Phi) is 6.19. The number of amides is 1. The number of fused-ring (bicyclic) bond motifs is 2. The van der Waals surface area contributed by atoms with Gasteiger partial charge in [0.25, 0.3) is 0 Å². The van der Waals surface area contributed by atoms with Crippen LogP contribution < -0.4 is 4.74 Å². The number of H-pyrrole nitrogens is 1. The number of aromatic nitrogens is 5. The molecule has 4 aromatic heterocycles. The molecule has 9 nitrogen and oxygen atoms in total. The average molecular weight is 476 g/mol. The summed E-state index contributed by atoms with van der Waals surface area (Å²) in [4.78, 5) is 28.7. The van der Waals surface area contributed by atoms with E-state index >= 15 is 0 Å². The van der Waals surface area contributed by atoms with Gasteiger partial charge in [0, 0.05) is 50.2 Å². The zero-order chi connectivity index (χ0) is 24.7. The van der Waals surface area contributed by atoms with E-state index in [-0.39, 0.29) is 11.8 Å². The second kappa shape index (κ2) is 9.30. The fraction of sp³-hybridized carbons (Fsp3) is 0.462. The van der Waals surface area contributed by atoms with Gasteiger partial charge in [-0.3, -0.25) is 14.7 Å². The Morgan fingerprint density at radius 1 is 1.29 bits per heavy atom. The smallest absolute Gasteiger partial charge is 0.236 e. The molecule has 1 aliphatic heterocycles. The molecule has 0 aromatic carbocycles. The van der Waals surface area contributed by atoms with E-state index in [1.54, 1.807) is 16.5 Å². The zero-order valence-corrected chi connectivity index (χ0v) is 21.1. The molecule has 1 amide bonds. The Bertz CT molecular complexity index is 1370. The molecule has 0 unspecified atom stereocenters. The monoisotopic (exact) mass is 475 g/mol. The summed E-state index contributed by atoms with van der Waals surface area (Å²) in [5, 5.41) is 4.31. The number of ether oxygens (including phenoxy) is 1. The standard InChI is InChI=1S/C26H33N7O2/c1-16(2)23-24(18-10-21(35-5)26-27-15-28-33(26)13-18)30-20-9-8-19(29-25(20)23)7-6-17-11-32(12-17)14-22(34)31(3)4/h8-10,13,15-17,30H,6-7,11-12,14H2,1-5H3. The van der Waals surface area contributed by atoms with E-state index in [4.69, 9.17) is 9.72 Å². The Morgan fingerprint density at radius 2 is 2.09 bits per heavy atom. The van der Waals surface area contributed by atoms with E-state index in [2.05, 4.69) is 45.9 Å². The molecule has 5 heterocycles. The molecule has 1 saturated heterocycles. The minimum Gasteiger partial charge on any atom is -0.493 e. The predicted molar refractivity (Wildman–Crippen MR) is 136 cm³/mol. The number of carbonyl (C=O) groups excluding carboxylic acids is 1. The molecule has 1 fully saturated rings. The van der Waals surface area contributed by atoms with Crippen molar-refractivity contribution in [1.29, 1.82) is 0 Å². The fourth-order valence-electron chi connectivity index (χ4n) is 4.91. The van der Waals surface area contributed by atoms with Crippen LogP contribution in [0.4, 0.5) is 0 Å². The second-order valence-electron chi connectivity index (χ2n) is 9.98. The van der Waals surface area contributed by atoms with Gasteiger partial charge in [0.15, 0.2) is 11.4 Å². The molecule has 0 radical (unpaired) electrons. The number of aromatic amines is 1. The third-order valence-corrected chi connectivity index (χ3v) is 6.86. The van der Waals surface area contributed by atoms with Crippen molar-refractivity contribution in [2.24, 2.45) is 5.92 Å². The van der Waals surface area contributed by atoms with Crippen LogP contribution >= 0.6 is 0 Å². The molecule has 1 aliphatic rings. The number of nitrogens with zero attached hydrogens (tertiary/aromatic N) is 6. The molecule has 0 bridgehead atoms. The lowest BCUT2D eigenvalue weighted by Crippen LogP contribution is -2.50. The van der Waals surface area contributed by atoms with Crippen molar-refractivity contribution in [1.82, 2.24) is 34.4 Å². The van der Waals surface area contributed by atoms with Crippen LogP contribution in [0.15, 0.2) is 30.7 Å². The van der Waals surface area contributed by atoms with Gasteiger partial charge in [0.1, 0.15) is 6.33 Å². The summed E-state index contributed by atoms with van der Waals surface area (Å²) in [6, 6.07) is 6.27. The number of rotatable bonds is 8. The van der Waals surface area contributed by atoms with Crippen molar-refractivity contribution in [2.75, 3.05) is 40.8 Å². The van der Waals surface area contributed by atoms with E-state index in [9.17, 15) is 4.79 Å². The van der Waals surface area contributed by atoms with Crippen LogP contribution in [0.2, 0.25) is 0 Å². The van der Waals surface area contributed by atoms with E-state index in [1.165, 1.54) is 11.9 Å². The molecule has 9 heteroatoms. The van der Waals surface area contributed by atoms with Crippen molar-refractivity contribution in [3.8, 4) is 17.0 Å². The Hall–Kier alpha value is -3.46. The van der Waals surface area contributed by atoms with Gasteiger partial charge in [-0.05, 0) is 42.9 Å². The molecule has 1 N–H and O–H groups in total. The first-order valence-corrected chi connectivity index (χ1v) is 12.2. The highest BCUT2D eigenvalue weighted by molar-refractivity contribution is 5.89. The second-order valence-corrected chi connectivity index (χ2v) is 9.98. The molecule has 184 valence electrons. The summed E-state index contributed by atoms with van der Waals surface area (Å²) in [7, 11) is 5.27. The zero-order valence-electron chi connectivity index (χ0n) is 21.1. The van der Waals surface area contributed by atoms with Crippen LogP contribution in [0.25, 0.3) is 27.9 Å². The molecule has 5 rings (SSSR count). The number of nitrogens with one attached hydrogen (secondary N) is 1. The molecular weight excluding hydrogens is 442 g/mol. The van der Waals surface area contributed by atoms with Gasteiger partial charge >= 0.3 is 0 Å². The summed E-state index contributed by atoms with van der Waals surface area (Å²) < 4.78 is 7.32. The predicted octanol–water partition coefficient (Wildman–Crippen LogP) is 3.36. The lowest BCUT2D eigenvalue weighted by atomic mass is 9.93. The highest BCUT2D eigenvalue weighted by atomic mass is 16.5. The van der Waals surface area contributed by atoms with E-state index < -0.39 is 0 Å². The van der Waals surface area contributed by atoms with E-state index in [0.717, 1.165) is 53.9 Å². The Morgan fingerprint density at radius 3 is 2.80 bits per heavy atom. The first-order valence-electron chi connectivity index (χ1n) is 12.2. The summed E-state index contributed by atoms with van der Waals surface area (Å²) in [6.45, 7) is 6.88. The van der Waals surface area contributed by atoms with Gasteiger partial charge in [-0.1, -0.05) is 13.8 Å². The number of aryl methyl sites for hydroxylation is 1. The van der Waals surface area contributed by atoms with Crippen LogP contribution in [0.1, 0.15) is 37.4 Å². The number of hydrogen-bond donors (Lipinski definition) is 1. The molecule has 4 aromatic rings. The minimum absolute atomic E-state index is 0.167. The van der Waals surface area contributed by atoms with Crippen molar-refractivity contribution < 1.29 is 9.53 Å². The largest absolute Gasteiger partial charge is 0.493 e. The van der Waals surface area contributed by atoms with Gasteiger partial charge in [-0.15, -0.1) is 0 Å². The van der Waals surface area contributed by atoms with Crippen molar-refractivity contribution in [3.63, 3.8) is 0 Å². The molecule has 35 heavy (non-hydrogen) atoms. The maximum Gasteiger partial charge on any atom is 0.236 e. The number of hydrogen-bond acceptors (Lipinski definition) is 6. The summed E-state index contributed by atoms with van der Waals surface area (Å²) in [6.07, 6.45) is 5.53. The SMILES string of the molecule is COc1cc(-c2[nH]c3ccc(CCC4CN(CC(=O)N(C)C)C4)nc3c2C(C)C)cn2ncnc12. The summed E-state index contributed by atoms with van der Waals surface area (Å²) in [5.41, 5.74) is 7.08. The Balaban J connectivity index is 1.36. The van der Waals surface area contributed by atoms with Gasteiger partial charge < -0.3 is 14.6 Å². The maximum atomic E-state index is 11.9. The third kappa shape index (κ3) is 4.48. The maximum absolute atomic E-state index is 11.9. The van der Waals surface area contributed by atoms with Crippen LogP contribution in [-0.4, -0.2) is 81.1 Å². The minimum atomic E-state index is 0.167. The lowest BCUT2D eigenvalue weighted by Gasteiger charge is -2.39. The molecular formula is C26H33N7O2. The lowest BCUT2D eigenvalue weighted by molar-refractivity contribution is -0.131. The molecule has 0 saturated carbocycles. The number of carbonyl (C=O) groups is 1. The molecule has 0 spiro atoms. The quantitative estimate of drug-likeness (QED) is 0.420. The number of methoxy groups -OCH3 is 1. The van der Waals surface area contributed by atoms with Crippen LogP contribution in [-0.2, 0) is 11.2 Å². The normalized spacial score (nSPS) is 14.7. The van der Waals surface area contributed by atoms with Crippen LogP contribution in [0.5, 0.6) is 5.75 Å². The van der Waals surface area contributed by atoms with Crippen molar-refractivity contribution in [2.45, 2.75) is 32.6 Å². The van der Waals surface area contributed by atoms with Gasteiger partial charge in [0.2, 0.25) is 5.91 Å². The first-order chi connectivity index (χ1) is 16.8. The number of pyridine rings is 2. The van der Waals surface area contributed by atoms with Gasteiger partial charge in [-0.2, -0.15) is 5.10 Å². The third-order valence-electron chi connectivity index (χ3n) is 6.86. The molecule has 0 atom stereocenters. The van der Waals surface area contributed by atoms with Crippen molar-refractivity contribution in [3.05, 3.63) is 42.0 Å². The summed E-state index contributed by atoms with van der Waals surface area (Å²) >= 11 is 0. The van der Waals surface area contributed by atoms with E-state index in [1.807, 2.05) is 26.4 Å². The van der Waals surface area contributed by atoms with Crippen LogP contribution in [0.3, 0.4) is 0 Å².